The number of aromatic hydroxyl groups is 1. The van der Waals surface area contributed by atoms with Crippen molar-refractivity contribution < 1.29 is 19.4 Å². The van der Waals surface area contributed by atoms with Crippen molar-refractivity contribution in [1.82, 2.24) is 18.9 Å². The number of ether oxygens (including phenoxy) is 1. The molecule has 2 aromatic heterocycles. The Hall–Kier alpha value is -5.06. The predicted molar refractivity (Wildman–Crippen MR) is 224 cm³/mol. The minimum absolute atomic E-state index is 0. The number of amides is 2. The topological polar surface area (TPSA) is 83.2 Å². The summed E-state index contributed by atoms with van der Waals surface area (Å²) in [6, 6.07) is 30.7. The highest BCUT2D eigenvalue weighted by molar-refractivity contribution is 6.31. The SMILES string of the molecule is Cl.Cn1ccc2cc(N(C(=O)c3cc(-c4cc(Cl)ccc4C(=O)N4Cc5ccccc5C[C@@H]4CN4CCOCC4)n4c3CCCC4)c3ccc(O)cc3)ccc21. The molecular weight excluding hydrogens is 745 g/mol. The van der Waals surface area contributed by atoms with Gasteiger partial charge in [-0.15, -0.1) is 12.4 Å². The van der Waals surface area contributed by atoms with E-state index in [0.717, 1.165) is 85.4 Å². The van der Waals surface area contributed by atoms with Crippen LogP contribution < -0.4 is 4.90 Å². The van der Waals surface area contributed by atoms with Gasteiger partial charge in [0.25, 0.3) is 11.8 Å². The molecule has 5 heterocycles. The number of fused-ring (bicyclic) bond motifs is 3. The second kappa shape index (κ2) is 15.8. The molecule has 1 saturated heterocycles. The molecule has 9 rings (SSSR count). The van der Waals surface area contributed by atoms with Gasteiger partial charge in [0.05, 0.1) is 18.8 Å². The fraction of sp³-hybridized carbons (Fsp3) is 0.289. The Balaban J connectivity index is 0.00000441. The summed E-state index contributed by atoms with van der Waals surface area (Å²) in [7, 11) is 2.00. The fourth-order valence-corrected chi connectivity index (χ4v) is 8.91. The van der Waals surface area contributed by atoms with Gasteiger partial charge in [-0.2, -0.15) is 0 Å². The van der Waals surface area contributed by atoms with Crippen LogP contribution in [0.25, 0.3) is 22.2 Å². The molecule has 1 atom stereocenters. The average Bonchev–Trinajstić information content (AvgIpc) is 3.79. The Morgan fingerprint density at radius 2 is 1.62 bits per heavy atom. The highest BCUT2D eigenvalue weighted by Gasteiger charge is 2.35. The van der Waals surface area contributed by atoms with Crippen LogP contribution in [0.3, 0.4) is 0 Å². The first-order valence-electron chi connectivity index (χ1n) is 19.2. The second-order valence-electron chi connectivity index (χ2n) is 15.0. The Labute approximate surface area is 338 Å². The lowest BCUT2D eigenvalue weighted by Gasteiger charge is -2.40. The molecule has 0 bridgehead atoms. The zero-order valence-electron chi connectivity index (χ0n) is 31.4. The molecule has 6 aromatic rings. The molecule has 0 unspecified atom stereocenters. The highest BCUT2D eigenvalue weighted by atomic mass is 35.5. The molecule has 11 heteroatoms. The van der Waals surface area contributed by atoms with Crippen molar-refractivity contribution in [1.29, 1.82) is 0 Å². The molecule has 0 spiro atoms. The molecule has 0 radical (unpaired) electrons. The molecule has 1 fully saturated rings. The summed E-state index contributed by atoms with van der Waals surface area (Å²) in [5, 5.41) is 11.7. The molecule has 9 nitrogen and oxygen atoms in total. The smallest absolute Gasteiger partial charge is 0.264 e. The van der Waals surface area contributed by atoms with Crippen LogP contribution in [0.2, 0.25) is 5.02 Å². The van der Waals surface area contributed by atoms with Gasteiger partial charge in [-0.05, 0) is 110 Å². The van der Waals surface area contributed by atoms with Crippen LogP contribution in [0.15, 0.2) is 103 Å². The highest BCUT2D eigenvalue weighted by Crippen LogP contribution is 2.39. The zero-order chi connectivity index (χ0) is 37.6. The van der Waals surface area contributed by atoms with Crippen molar-refractivity contribution in [2.45, 2.75) is 44.8 Å². The first-order chi connectivity index (χ1) is 26.8. The van der Waals surface area contributed by atoms with Crippen molar-refractivity contribution in [3.63, 3.8) is 0 Å². The van der Waals surface area contributed by atoms with Crippen LogP contribution in [0.1, 0.15) is 50.4 Å². The number of morpholine rings is 1. The number of benzene rings is 4. The summed E-state index contributed by atoms with van der Waals surface area (Å²) < 4.78 is 9.92. The molecule has 3 aliphatic heterocycles. The van der Waals surface area contributed by atoms with Gasteiger partial charge >= 0.3 is 0 Å². The largest absolute Gasteiger partial charge is 0.508 e. The van der Waals surface area contributed by atoms with Crippen LogP contribution in [0.4, 0.5) is 11.4 Å². The molecule has 0 aliphatic carbocycles. The minimum atomic E-state index is -0.175. The van der Waals surface area contributed by atoms with E-state index in [0.29, 0.717) is 41.6 Å². The van der Waals surface area contributed by atoms with Gasteiger partial charge in [-0.3, -0.25) is 19.4 Å². The standard InChI is InChI=1S/C45H44ClN5O4.ClH/c1-47-19-17-31-25-35(12-16-41(31)47)51(34-10-13-37(52)14-11-34)45(54)40-27-43(49-18-5-4-8-42(40)49)39-26-33(46)9-15-38(39)44(53)50-28-32-7-3-2-6-30(32)24-36(50)29-48-20-22-55-23-21-48;/h2-3,6-7,9-17,19,25-27,36,52H,4-5,8,18,20-24,28-29H2,1H3;1H/t36-;/m1./s1. The van der Waals surface area contributed by atoms with Crippen molar-refractivity contribution in [3.05, 3.63) is 136 Å². The maximum Gasteiger partial charge on any atom is 0.264 e. The molecule has 2 amide bonds. The maximum atomic E-state index is 15.1. The normalized spacial score (nSPS) is 16.9. The molecule has 1 N–H and O–H groups in total. The Morgan fingerprint density at radius 3 is 2.43 bits per heavy atom. The lowest BCUT2D eigenvalue weighted by molar-refractivity contribution is 0.0193. The van der Waals surface area contributed by atoms with E-state index in [2.05, 4.69) is 32.2 Å². The number of anilines is 2. The number of hydrogen-bond acceptors (Lipinski definition) is 5. The summed E-state index contributed by atoms with van der Waals surface area (Å²) in [6.45, 7) is 5.11. The number of phenolic OH excluding ortho intramolecular Hbond substituents is 1. The lowest BCUT2D eigenvalue weighted by Crippen LogP contribution is -2.52. The third-order valence-electron chi connectivity index (χ3n) is 11.6. The number of aryl methyl sites for hydroxylation is 1. The summed E-state index contributed by atoms with van der Waals surface area (Å²) in [5.74, 6) is -0.0905. The number of phenols is 1. The number of hydrogen-bond donors (Lipinski definition) is 1. The lowest BCUT2D eigenvalue weighted by atomic mass is 9.92. The maximum absolute atomic E-state index is 15.1. The van der Waals surface area contributed by atoms with E-state index in [1.54, 1.807) is 35.2 Å². The monoisotopic (exact) mass is 789 g/mol. The van der Waals surface area contributed by atoms with Crippen molar-refractivity contribution in [2.24, 2.45) is 7.05 Å². The molecule has 3 aliphatic rings. The molecular formula is C45H45Cl2N5O4. The third kappa shape index (κ3) is 7.09. The number of nitrogens with zero attached hydrogens (tertiary/aromatic N) is 5. The van der Waals surface area contributed by atoms with Crippen LogP contribution in [0, 0.1) is 0 Å². The van der Waals surface area contributed by atoms with Gasteiger partial charge in [0.1, 0.15) is 5.75 Å². The molecule has 56 heavy (non-hydrogen) atoms. The predicted octanol–water partition coefficient (Wildman–Crippen LogP) is 8.64. The van der Waals surface area contributed by atoms with Gasteiger partial charge in [-0.1, -0.05) is 35.9 Å². The van der Waals surface area contributed by atoms with Crippen LogP contribution in [0.5, 0.6) is 5.75 Å². The van der Waals surface area contributed by atoms with E-state index in [-0.39, 0.29) is 36.0 Å². The van der Waals surface area contributed by atoms with Gasteiger partial charge in [0.15, 0.2) is 0 Å². The molecule has 0 saturated carbocycles. The number of halogens is 2. The van der Waals surface area contributed by atoms with Crippen LogP contribution in [-0.2, 0) is 37.7 Å². The van der Waals surface area contributed by atoms with Crippen molar-refractivity contribution >= 4 is 58.1 Å². The average molecular weight is 791 g/mol. The van der Waals surface area contributed by atoms with E-state index in [1.165, 1.54) is 11.1 Å². The van der Waals surface area contributed by atoms with Gasteiger partial charge in [0, 0.05) is 102 Å². The number of carbonyl (C=O) groups is 2. The quantitative estimate of drug-likeness (QED) is 0.175. The summed E-state index contributed by atoms with van der Waals surface area (Å²) in [6.07, 6.45) is 5.44. The van der Waals surface area contributed by atoms with E-state index in [4.69, 9.17) is 16.3 Å². The summed E-state index contributed by atoms with van der Waals surface area (Å²) in [4.78, 5) is 36.3. The van der Waals surface area contributed by atoms with E-state index >= 15 is 9.59 Å². The van der Waals surface area contributed by atoms with Gasteiger partial charge in [0.2, 0.25) is 0 Å². The molecule has 4 aromatic carbocycles. The van der Waals surface area contributed by atoms with Gasteiger partial charge in [-0.25, -0.2) is 0 Å². The van der Waals surface area contributed by atoms with Crippen LogP contribution in [-0.4, -0.2) is 74.7 Å². The third-order valence-corrected chi connectivity index (χ3v) is 11.8. The Morgan fingerprint density at radius 1 is 0.857 bits per heavy atom. The Bertz CT molecular complexity index is 2420. The van der Waals surface area contributed by atoms with E-state index < -0.39 is 0 Å². The summed E-state index contributed by atoms with van der Waals surface area (Å²) in [5.41, 5.74) is 8.54. The number of carbonyl (C=O) groups excluding carboxylic acids is 2. The molecule has 288 valence electrons. The minimum Gasteiger partial charge on any atom is -0.508 e. The van der Waals surface area contributed by atoms with Gasteiger partial charge < -0.3 is 23.9 Å². The van der Waals surface area contributed by atoms with Crippen molar-refractivity contribution in [2.75, 3.05) is 37.7 Å². The number of rotatable bonds is 7. The first kappa shape index (κ1) is 37.8. The van der Waals surface area contributed by atoms with E-state index in [1.807, 2.05) is 66.7 Å². The first-order valence-corrected chi connectivity index (χ1v) is 19.6. The van der Waals surface area contributed by atoms with Crippen molar-refractivity contribution in [3.8, 4) is 17.0 Å². The fourth-order valence-electron chi connectivity index (χ4n) is 8.74. The zero-order valence-corrected chi connectivity index (χ0v) is 32.9. The Kier molecular flexibility index (Phi) is 10.7. The van der Waals surface area contributed by atoms with Crippen LogP contribution >= 0.6 is 24.0 Å². The summed E-state index contributed by atoms with van der Waals surface area (Å²) >= 11 is 6.76. The number of aromatic nitrogens is 2. The second-order valence-corrected chi connectivity index (χ2v) is 15.4. The van der Waals surface area contributed by atoms with E-state index in [9.17, 15) is 5.11 Å².